The molecule has 34 heavy (non-hydrogen) atoms. The quantitative estimate of drug-likeness (QED) is 0.662. The van der Waals surface area contributed by atoms with E-state index in [4.69, 9.17) is 0 Å². The molecule has 0 spiro atoms. The van der Waals surface area contributed by atoms with Gasteiger partial charge in [0, 0.05) is 44.4 Å². The topological polar surface area (TPSA) is 78.0 Å². The summed E-state index contributed by atoms with van der Waals surface area (Å²) >= 11 is 0. The van der Waals surface area contributed by atoms with Gasteiger partial charge in [-0.1, -0.05) is 6.42 Å². The molecule has 0 aliphatic carbocycles. The normalized spacial score (nSPS) is 21.2. The summed E-state index contributed by atoms with van der Waals surface area (Å²) in [5.41, 5.74) is 1.37. The zero-order valence-electron chi connectivity index (χ0n) is 18.5. The van der Waals surface area contributed by atoms with Gasteiger partial charge in [0.15, 0.2) is 0 Å². The van der Waals surface area contributed by atoms with Gasteiger partial charge in [-0.25, -0.2) is 17.2 Å². The van der Waals surface area contributed by atoms with Gasteiger partial charge in [0.1, 0.15) is 11.6 Å². The first-order valence-corrected chi connectivity index (χ1v) is 12.9. The van der Waals surface area contributed by atoms with Gasteiger partial charge in [-0.3, -0.25) is 9.59 Å². The van der Waals surface area contributed by atoms with Crippen LogP contribution < -0.4 is 9.80 Å². The second-order valence-corrected chi connectivity index (χ2v) is 10.9. The molecule has 180 valence electrons. The van der Waals surface area contributed by atoms with E-state index in [9.17, 15) is 26.8 Å². The number of benzene rings is 2. The lowest BCUT2D eigenvalue weighted by Gasteiger charge is -2.26. The lowest BCUT2D eigenvalue weighted by Crippen LogP contribution is -2.36. The highest BCUT2D eigenvalue weighted by Crippen LogP contribution is 2.35. The summed E-state index contributed by atoms with van der Waals surface area (Å²) < 4.78 is 55.0. The van der Waals surface area contributed by atoms with Crippen molar-refractivity contribution in [3.8, 4) is 0 Å². The van der Waals surface area contributed by atoms with Crippen molar-refractivity contribution in [1.29, 1.82) is 0 Å². The third kappa shape index (κ3) is 3.98. The molecule has 5 rings (SSSR count). The van der Waals surface area contributed by atoms with Crippen molar-refractivity contribution in [3.05, 3.63) is 53.6 Å². The molecule has 3 aliphatic heterocycles. The number of amides is 2. The lowest BCUT2D eigenvalue weighted by atomic mass is 10.1. The van der Waals surface area contributed by atoms with Gasteiger partial charge in [-0.2, -0.15) is 4.31 Å². The molecule has 2 fully saturated rings. The Morgan fingerprint density at radius 3 is 2.41 bits per heavy atom. The average molecular weight is 490 g/mol. The minimum Gasteiger partial charge on any atom is -0.312 e. The first-order chi connectivity index (χ1) is 16.3. The molecule has 10 heteroatoms. The number of fused-ring (bicyclic) bond motifs is 1. The van der Waals surface area contributed by atoms with E-state index >= 15 is 0 Å². The number of rotatable bonds is 4. The molecule has 7 nitrogen and oxygen atoms in total. The van der Waals surface area contributed by atoms with Crippen molar-refractivity contribution in [3.63, 3.8) is 0 Å². The van der Waals surface area contributed by atoms with E-state index in [1.807, 2.05) is 0 Å². The molecule has 0 saturated carbocycles. The van der Waals surface area contributed by atoms with Crippen molar-refractivity contribution in [2.24, 2.45) is 5.92 Å². The van der Waals surface area contributed by atoms with Crippen molar-refractivity contribution < 1.29 is 26.8 Å². The van der Waals surface area contributed by atoms with E-state index in [2.05, 4.69) is 0 Å². The summed E-state index contributed by atoms with van der Waals surface area (Å²) in [5.74, 6) is -2.92. The zero-order chi connectivity index (χ0) is 24.0. The second kappa shape index (κ2) is 8.74. The summed E-state index contributed by atoms with van der Waals surface area (Å²) in [7, 11) is -3.57. The fraction of sp³-hybridized carbons (Fsp3) is 0.417. The van der Waals surface area contributed by atoms with Gasteiger partial charge in [0.2, 0.25) is 21.8 Å². The van der Waals surface area contributed by atoms with E-state index in [1.54, 1.807) is 17.0 Å². The Morgan fingerprint density at radius 1 is 0.941 bits per heavy atom. The summed E-state index contributed by atoms with van der Waals surface area (Å²) in [4.78, 5) is 28.8. The maximum Gasteiger partial charge on any atom is 0.243 e. The third-order valence-corrected chi connectivity index (χ3v) is 8.73. The monoisotopic (exact) mass is 489 g/mol. The van der Waals surface area contributed by atoms with Crippen LogP contribution in [0.2, 0.25) is 0 Å². The van der Waals surface area contributed by atoms with Gasteiger partial charge in [0.25, 0.3) is 0 Å². The summed E-state index contributed by atoms with van der Waals surface area (Å²) in [5, 5.41) is 0. The summed E-state index contributed by atoms with van der Waals surface area (Å²) in [6, 6.07) is 7.83. The summed E-state index contributed by atoms with van der Waals surface area (Å²) in [6.07, 6.45) is 3.18. The largest absolute Gasteiger partial charge is 0.312 e. The van der Waals surface area contributed by atoms with Crippen molar-refractivity contribution in [1.82, 2.24) is 4.31 Å². The number of anilines is 2. The third-order valence-electron chi connectivity index (χ3n) is 6.84. The SMILES string of the molecule is O=C1C[C@@H](C(=O)N2CCc3cc(S(=O)(=O)N4CCCCC4)ccc32)CN1c1ccc(F)cc1F. The Kier molecular flexibility index (Phi) is 5.89. The minimum absolute atomic E-state index is 0.00742. The van der Waals surface area contributed by atoms with E-state index in [0.717, 1.165) is 30.9 Å². The van der Waals surface area contributed by atoms with E-state index in [0.29, 0.717) is 37.8 Å². The highest BCUT2D eigenvalue weighted by molar-refractivity contribution is 7.89. The number of sulfonamides is 1. The van der Waals surface area contributed by atoms with Crippen molar-refractivity contribution >= 4 is 33.2 Å². The molecule has 3 heterocycles. The zero-order valence-corrected chi connectivity index (χ0v) is 19.4. The second-order valence-electron chi connectivity index (χ2n) is 9.00. The average Bonchev–Trinajstić information content (AvgIpc) is 3.42. The van der Waals surface area contributed by atoms with Crippen LogP contribution >= 0.6 is 0 Å². The van der Waals surface area contributed by atoms with Crippen LogP contribution in [0.15, 0.2) is 41.3 Å². The molecular formula is C24H25F2N3O4S. The van der Waals surface area contributed by atoms with Crippen molar-refractivity contribution in [2.75, 3.05) is 36.0 Å². The first kappa shape index (κ1) is 22.9. The van der Waals surface area contributed by atoms with Crippen molar-refractivity contribution in [2.45, 2.75) is 37.0 Å². The fourth-order valence-corrected chi connectivity index (χ4v) is 6.62. The van der Waals surface area contributed by atoms with E-state index in [-0.39, 0.29) is 29.5 Å². The van der Waals surface area contributed by atoms with Gasteiger partial charge < -0.3 is 9.80 Å². The molecule has 0 N–H and O–H groups in total. The highest BCUT2D eigenvalue weighted by atomic mass is 32.2. The van der Waals surface area contributed by atoms with Crippen LogP contribution in [0.4, 0.5) is 20.2 Å². The first-order valence-electron chi connectivity index (χ1n) is 11.5. The Morgan fingerprint density at radius 2 is 1.68 bits per heavy atom. The van der Waals surface area contributed by atoms with Gasteiger partial charge in [-0.05, 0) is 55.2 Å². The molecule has 0 unspecified atom stereocenters. The lowest BCUT2D eigenvalue weighted by molar-refractivity contribution is -0.124. The Bertz CT molecular complexity index is 1260. The predicted molar refractivity (Wildman–Crippen MR) is 122 cm³/mol. The smallest absolute Gasteiger partial charge is 0.243 e. The van der Waals surface area contributed by atoms with Crippen LogP contribution in [-0.2, 0) is 26.0 Å². The Balaban J connectivity index is 1.34. The molecule has 2 saturated heterocycles. The number of halogens is 2. The van der Waals surface area contributed by atoms with Gasteiger partial charge in [0.05, 0.1) is 16.5 Å². The number of piperidine rings is 1. The highest BCUT2D eigenvalue weighted by Gasteiger charge is 2.40. The number of hydrogen-bond donors (Lipinski definition) is 0. The molecule has 0 radical (unpaired) electrons. The predicted octanol–water partition coefficient (Wildman–Crippen LogP) is 3.08. The van der Waals surface area contributed by atoms with Gasteiger partial charge in [-0.15, -0.1) is 0 Å². The molecule has 0 bridgehead atoms. The number of nitrogens with zero attached hydrogens (tertiary/aromatic N) is 3. The Labute approximate surface area is 197 Å². The van der Waals surface area contributed by atoms with Crippen LogP contribution in [0.25, 0.3) is 0 Å². The Hall–Kier alpha value is -2.85. The molecular weight excluding hydrogens is 464 g/mol. The van der Waals surface area contributed by atoms with Gasteiger partial charge >= 0.3 is 0 Å². The minimum atomic E-state index is -3.57. The van der Waals surface area contributed by atoms with Crippen LogP contribution in [0, 0.1) is 17.6 Å². The van der Waals surface area contributed by atoms with Crippen LogP contribution in [0.1, 0.15) is 31.2 Å². The summed E-state index contributed by atoms with van der Waals surface area (Å²) in [6.45, 7) is 1.43. The van der Waals surface area contributed by atoms with E-state index < -0.39 is 33.5 Å². The molecule has 2 aromatic carbocycles. The van der Waals surface area contributed by atoms with E-state index in [1.165, 1.54) is 21.3 Å². The molecule has 2 aromatic rings. The maximum atomic E-state index is 14.2. The molecule has 0 aromatic heterocycles. The standard InChI is InChI=1S/C24H25F2N3O4S/c25-18-4-6-22(20(26)14-18)29-15-17(13-23(29)30)24(31)28-11-8-16-12-19(5-7-21(16)28)34(32,33)27-9-2-1-3-10-27/h4-7,12,14,17H,1-3,8-11,13,15H2/t17-/m1/s1. The number of carbonyl (C=O) groups excluding carboxylic acids is 2. The fourth-order valence-electron chi connectivity index (χ4n) is 5.05. The number of carbonyl (C=O) groups is 2. The number of hydrogen-bond acceptors (Lipinski definition) is 4. The molecule has 1 atom stereocenters. The molecule has 2 amide bonds. The van der Waals surface area contributed by atoms with Crippen LogP contribution in [0.3, 0.4) is 0 Å². The maximum absolute atomic E-state index is 14.2. The van der Waals surface area contributed by atoms with Crippen LogP contribution in [-0.4, -0.2) is 50.7 Å². The van der Waals surface area contributed by atoms with Crippen LogP contribution in [0.5, 0.6) is 0 Å². The molecule has 3 aliphatic rings.